The highest BCUT2D eigenvalue weighted by Crippen LogP contribution is 2.42. The van der Waals surface area contributed by atoms with Crippen molar-refractivity contribution in [1.82, 2.24) is 0 Å². The fraction of sp³-hybridized carbons (Fsp3) is 0.818. The molecule has 0 spiro atoms. The number of ether oxygens (including phenoxy) is 3. The van der Waals surface area contributed by atoms with E-state index in [9.17, 15) is 4.79 Å². The van der Waals surface area contributed by atoms with Crippen LogP contribution in [0.15, 0.2) is 5.16 Å². The second-order valence-corrected chi connectivity index (χ2v) is 5.01. The first-order chi connectivity index (χ1) is 7.98. The molecule has 0 aromatic rings. The maximum atomic E-state index is 11.1. The molecule has 17 heavy (non-hydrogen) atoms. The average Bonchev–Trinajstić information content (AvgIpc) is 2.81. The van der Waals surface area contributed by atoms with Crippen molar-refractivity contribution in [3.8, 4) is 0 Å². The summed E-state index contributed by atoms with van der Waals surface area (Å²) >= 11 is 0. The molecular weight excluding hydrogens is 226 g/mol. The summed E-state index contributed by atoms with van der Waals surface area (Å²) < 4.78 is 16.9. The molecule has 3 rings (SSSR count). The van der Waals surface area contributed by atoms with Crippen LogP contribution in [0.2, 0.25) is 0 Å². The lowest BCUT2D eigenvalue weighted by molar-refractivity contribution is -0.174. The Morgan fingerprint density at radius 2 is 2.24 bits per heavy atom. The van der Waals surface area contributed by atoms with Crippen LogP contribution in [-0.4, -0.2) is 42.4 Å². The molecule has 1 aliphatic carbocycles. The summed E-state index contributed by atoms with van der Waals surface area (Å²) in [5.41, 5.74) is 0.798. The Bertz CT molecular complexity index is 391. The number of esters is 1. The molecule has 1 saturated heterocycles. The minimum Gasteiger partial charge on any atom is -0.459 e. The molecule has 94 valence electrons. The smallest absolute Gasteiger partial charge is 0.303 e. The van der Waals surface area contributed by atoms with Crippen LogP contribution in [0.3, 0.4) is 0 Å². The molecule has 2 fully saturated rings. The van der Waals surface area contributed by atoms with Gasteiger partial charge in [0.25, 0.3) is 0 Å². The summed E-state index contributed by atoms with van der Waals surface area (Å²) in [7, 11) is 0. The quantitative estimate of drug-likeness (QED) is 0.624. The lowest BCUT2D eigenvalue weighted by Gasteiger charge is -2.23. The van der Waals surface area contributed by atoms with Gasteiger partial charge in [-0.1, -0.05) is 5.16 Å². The van der Waals surface area contributed by atoms with E-state index in [4.69, 9.17) is 19.0 Å². The second kappa shape index (κ2) is 3.43. The third-order valence-electron chi connectivity index (χ3n) is 3.25. The largest absolute Gasteiger partial charge is 0.459 e. The molecule has 0 bridgehead atoms. The van der Waals surface area contributed by atoms with Crippen molar-refractivity contribution >= 4 is 11.7 Å². The molecule has 0 aromatic carbocycles. The topological polar surface area (TPSA) is 66.4 Å². The van der Waals surface area contributed by atoms with Gasteiger partial charge < -0.3 is 19.0 Å². The third-order valence-corrected chi connectivity index (χ3v) is 3.25. The summed E-state index contributed by atoms with van der Waals surface area (Å²) in [6.45, 7) is 5.48. The maximum absolute atomic E-state index is 11.1. The van der Waals surface area contributed by atoms with Crippen LogP contribution >= 0.6 is 0 Å². The fourth-order valence-electron chi connectivity index (χ4n) is 2.70. The minimum atomic E-state index is -0.677. The van der Waals surface area contributed by atoms with Gasteiger partial charge in [-0.2, -0.15) is 0 Å². The number of carbonyl (C=O) groups excluding carboxylic acids is 1. The van der Waals surface area contributed by atoms with Crippen molar-refractivity contribution in [1.29, 1.82) is 0 Å². The van der Waals surface area contributed by atoms with Gasteiger partial charge in [-0.15, -0.1) is 0 Å². The number of carbonyl (C=O) groups is 1. The molecular formula is C11H15NO5. The standard InChI is InChI=1S/C11H15NO5/c1-5(13)15-8-6-4-14-12-7(6)9-10(8)17-11(2,3)16-9/h6,8-10H,4H2,1-3H3/t6-,8+,9-,10+/m0/s1. The highest BCUT2D eigenvalue weighted by Gasteiger charge is 2.60. The molecule has 4 atom stereocenters. The molecule has 0 radical (unpaired) electrons. The summed E-state index contributed by atoms with van der Waals surface area (Å²) in [6.07, 6.45) is -0.899. The molecule has 1 saturated carbocycles. The molecule has 6 nitrogen and oxygen atoms in total. The summed E-state index contributed by atoms with van der Waals surface area (Å²) in [5, 5.41) is 3.98. The van der Waals surface area contributed by atoms with Crippen LogP contribution in [0, 0.1) is 5.92 Å². The van der Waals surface area contributed by atoms with Gasteiger partial charge in [-0.3, -0.25) is 4.79 Å². The Morgan fingerprint density at radius 3 is 2.94 bits per heavy atom. The zero-order chi connectivity index (χ0) is 12.2. The Morgan fingerprint density at radius 1 is 1.47 bits per heavy atom. The van der Waals surface area contributed by atoms with Crippen molar-refractivity contribution in [2.75, 3.05) is 6.61 Å². The van der Waals surface area contributed by atoms with E-state index in [0.29, 0.717) is 6.61 Å². The molecule has 3 aliphatic rings. The van der Waals surface area contributed by atoms with Crippen LogP contribution < -0.4 is 0 Å². The van der Waals surface area contributed by atoms with Crippen LogP contribution in [0.25, 0.3) is 0 Å². The summed E-state index contributed by atoms with van der Waals surface area (Å²) in [6, 6.07) is 0. The summed E-state index contributed by atoms with van der Waals surface area (Å²) in [5.74, 6) is -1.04. The van der Waals surface area contributed by atoms with E-state index >= 15 is 0 Å². The third kappa shape index (κ3) is 1.63. The van der Waals surface area contributed by atoms with Crippen LogP contribution in [0.5, 0.6) is 0 Å². The number of fused-ring (bicyclic) bond motifs is 3. The predicted molar refractivity (Wildman–Crippen MR) is 56.3 cm³/mol. The van der Waals surface area contributed by atoms with Crippen molar-refractivity contribution in [3.05, 3.63) is 0 Å². The highest BCUT2D eigenvalue weighted by molar-refractivity contribution is 5.95. The fourth-order valence-corrected chi connectivity index (χ4v) is 2.70. The molecule has 0 unspecified atom stereocenters. The SMILES string of the molecule is CC(=O)O[C@H]1[C@H]2OC(C)(C)O[C@H]2C2=NOC[C@@H]21. The number of hydrogen-bond donors (Lipinski definition) is 0. The van der Waals surface area contributed by atoms with Crippen molar-refractivity contribution in [3.63, 3.8) is 0 Å². The van der Waals surface area contributed by atoms with Gasteiger partial charge in [-0.25, -0.2) is 0 Å². The van der Waals surface area contributed by atoms with Gasteiger partial charge in [0.1, 0.15) is 24.9 Å². The highest BCUT2D eigenvalue weighted by atomic mass is 16.8. The first-order valence-electron chi connectivity index (χ1n) is 5.70. The van der Waals surface area contributed by atoms with E-state index in [1.54, 1.807) is 0 Å². The van der Waals surface area contributed by atoms with Gasteiger partial charge in [0.05, 0.1) is 11.6 Å². The molecule has 6 heteroatoms. The lowest BCUT2D eigenvalue weighted by Crippen LogP contribution is -2.36. The summed E-state index contributed by atoms with van der Waals surface area (Å²) in [4.78, 5) is 16.2. The van der Waals surface area contributed by atoms with Gasteiger partial charge in [0, 0.05) is 6.92 Å². The maximum Gasteiger partial charge on any atom is 0.303 e. The van der Waals surface area contributed by atoms with Crippen molar-refractivity contribution in [2.24, 2.45) is 11.1 Å². The molecule has 0 amide bonds. The van der Waals surface area contributed by atoms with E-state index in [0.717, 1.165) is 5.71 Å². The first-order valence-corrected chi connectivity index (χ1v) is 5.70. The molecule has 0 aromatic heterocycles. The van der Waals surface area contributed by atoms with E-state index in [1.807, 2.05) is 13.8 Å². The zero-order valence-corrected chi connectivity index (χ0v) is 10.0. The predicted octanol–water partition coefficient (Wildman–Crippen LogP) is 0.454. The number of hydrogen-bond acceptors (Lipinski definition) is 6. The minimum absolute atomic E-state index is 0.0370. The van der Waals surface area contributed by atoms with E-state index in [1.165, 1.54) is 6.92 Å². The van der Waals surface area contributed by atoms with Gasteiger partial charge >= 0.3 is 5.97 Å². The lowest BCUT2D eigenvalue weighted by atomic mass is 10.1. The molecule has 2 aliphatic heterocycles. The number of nitrogens with zero attached hydrogens (tertiary/aromatic N) is 1. The van der Waals surface area contributed by atoms with Gasteiger partial charge in [-0.05, 0) is 13.8 Å². The average molecular weight is 241 g/mol. The normalized spacial score (nSPS) is 41.5. The monoisotopic (exact) mass is 241 g/mol. The van der Waals surface area contributed by atoms with E-state index in [2.05, 4.69) is 5.16 Å². The first kappa shape index (κ1) is 11.0. The molecule has 0 N–H and O–H groups in total. The van der Waals surface area contributed by atoms with E-state index < -0.39 is 5.79 Å². The van der Waals surface area contributed by atoms with E-state index in [-0.39, 0.29) is 30.2 Å². The van der Waals surface area contributed by atoms with Gasteiger partial charge in [0.15, 0.2) is 5.79 Å². The van der Waals surface area contributed by atoms with Crippen LogP contribution in [0.4, 0.5) is 0 Å². The Hall–Kier alpha value is -1.14. The Balaban J connectivity index is 1.89. The van der Waals surface area contributed by atoms with Crippen LogP contribution in [0.1, 0.15) is 20.8 Å². The zero-order valence-electron chi connectivity index (χ0n) is 10.0. The Kier molecular flexibility index (Phi) is 2.21. The number of oxime groups is 1. The van der Waals surface area contributed by atoms with Gasteiger partial charge in [0.2, 0.25) is 0 Å². The number of rotatable bonds is 1. The van der Waals surface area contributed by atoms with Crippen LogP contribution in [-0.2, 0) is 23.8 Å². The second-order valence-electron chi connectivity index (χ2n) is 5.01. The van der Waals surface area contributed by atoms with Crippen molar-refractivity contribution in [2.45, 2.75) is 44.9 Å². The van der Waals surface area contributed by atoms with Crippen molar-refractivity contribution < 1.29 is 23.8 Å². The Labute approximate surface area is 98.8 Å². The molecule has 2 heterocycles.